The molecule has 0 aliphatic heterocycles. The molecular weight excluding hydrogens is 254 g/mol. The Hall–Kier alpha value is -1.06. The van der Waals surface area contributed by atoms with Crippen LogP contribution in [-0.2, 0) is 12.8 Å². The molecule has 2 heterocycles. The van der Waals surface area contributed by atoms with Crippen LogP contribution in [-0.4, -0.2) is 6.54 Å². The van der Waals surface area contributed by atoms with Crippen molar-refractivity contribution < 1.29 is 4.42 Å². The van der Waals surface area contributed by atoms with Crippen LogP contribution in [0.1, 0.15) is 49.8 Å². The topological polar surface area (TPSA) is 25.2 Å². The van der Waals surface area contributed by atoms with Crippen LogP contribution in [0, 0.1) is 0 Å². The van der Waals surface area contributed by atoms with Gasteiger partial charge in [0.05, 0.1) is 6.04 Å². The number of aryl methyl sites for hydroxylation is 2. The smallest absolute Gasteiger partial charge is 0.121 e. The van der Waals surface area contributed by atoms with Gasteiger partial charge in [0.15, 0.2) is 0 Å². The molecule has 2 aromatic rings. The van der Waals surface area contributed by atoms with E-state index in [2.05, 4.69) is 48.1 Å². The summed E-state index contributed by atoms with van der Waals surface area (Å²) in [6, 6.07) is 6.77. The van der Waals surface area contributed by atoms with Crippen LogP contribution in [0.4, 0.5) is 0 Å². The maximum atomic E-state index is 5.90. The summed E-state index contributed by atoms with van der Waals surface area (Å²) >= 11 is 1.77. The van der Waals surface area contributed by atoms with E-state index in [0.29, 0.717) is 6.04 Å². The van der Waals surface area contributed by atoms with Crippen molar-refractivity contribution >= 4 is 11.3 Å². The molecule has 0 aliphatic carbocycles. The molecule has 104 valence electrons. The normalized spacial score (nSPS) is 12.7. The largest absolute Gasteiger partial charge is 0.464 e. The molecule has 19 heavy (non-hydrogen) atoms. The quantitative estimate of drug-likeness (QED) is 0.764. The predicted molar refractivity (Wildman–Crippen MR) is 81.8 cm³/mol. The van der Waals surface area contributed by atoms with E-state index in [1.54, 1.807) is 11.3 Å². The molecule has 0 amide bonds. The summed E-state index contributed by atoms with van der Waals surface area (Å²) in [5, 5.41) is 7.97. The fraction of sp³-hybridized carbons (Fsp3) is 0.500. The highest BCUT2D eigenvalue weighted by atomic mass is 32.1. The van der Waals surface area contributed by atoms with E-state index in [4.69, 9.17) is 4.42 Å². The van der Waals surface area contributed by atoms with Crippen molar-refractivity contribution in [3.8, 4) is 0 Å². The molecule has 3 heteroatoms. The van der Waals surface area contributed by atoms with Crippen LogP contribution < -0.4 is 5.32 Å². The Morgan fingerprint density at radius 1 is 1.26 bits per heavy atom. The van der Waals surface area contributed by atoms with Gasteiger partial charge in [-0.15, -0.1) is 0 Å². The van der Waals surface area contributed by atoms with E-state index >= 15 is 0 Å². The molecule has 0 aliphatic rings. The third kappa shape index (κ3) is 4.22. The Kier molecular flexibility index (Phi) is 5.67. The van der Waals surface area contributed by atoms with Gasteiger partial charge in [-0.05, 0) is 60.3 Å². The number of thiophene rings is 1. The highest BCUT2D eigenvalue weighted by Crippen LogP contribution is 2.22. The molecule has 2 aromatic heterocycles. The lowest BCUT2D eigenvalue weighted by atomic mass is 10.1. The average molecular weight is 277 g/mol. The highest BCUT2D eigenvalue weighted by Gasteiger charge is 2.14. The molecule has 2 rings (SSSR count). The third-order valence-electron chi connectivity index (χ3n) is 3.32. The molecule has 0 fully saturated rings. The van der Waals surface area contributed by atoms with Crippen molar-refractivity contribution in [1.29, 1.82) is 0 Å². The minimum Gasteiger partial charge on any atom is -0.464 e. The first-order valence-electron chi connectivity index (χ1n) is 7.16. The van der Waals surface area contributed by atoms with Crippen LogP contribution in [0.15, 0.2) is 33.4 Å². The summed E-state index contributed by atoms with van der Waals surface area (Å²) in [7, 11) is 0. The highest BCUT2D eigenvalue weighted by molar-refractivity contribution is 7.07. The van der Waals surface area contributed by atoms with Gasteiger partial charge in [-0.3, -0.25) is 0 Å². The Balaban J connectivity index is 1.98. The molecule has 0 saturated carbocycles. The van der Waals surface area contributed by atoms with Crippen molar-refractivity contribution in [3.63, 3.8) is 0 Å². The number of hydrogen-bond donors (Lipinski definition) is 1. The zero-order valence-electron chi connectivity index (χ0n) is 11.8. The van der Waals surface area contributed by atoms with Gasteiger partial charge in [0, 0.05) is 6.42 Å². The van der Waals surface area contributed by atoms with Crippen molar-refractivity contribution in [2.75, 3.05) is 6.54 Å². The fourth-order valence-electron chi connectivity index (χ4n) is 2.18. The van der Waals surface area contributed by atoms with Gasteiger partial charge in [-0.2, -0.15) is 11.3 Å². The first-order chi connectivity index (χ1) is 9.33. The fourth-order valence-corrected chi connectivity index (χ4v) is 2.88. The van der Waals surface area contributed by atoms with Gasteiger partial charge in [0.25, 0.3) is 0 Å². The van der Waals surface area contributed by atoms with E-state index in [9.17, 15) is 0 Å². The lowest BCUT2D eigenvalue weighted by molar-refractivity contribution is 0.380. The van der Waals surface area contributed by atoms with Gasteiger partial charge in [-0.1, -0.05) is 13.8 Å². The van der Waals surface area contributed by atoms with E-state index < -0.39 is 0 Å². The lowest BCUT2D eigenvalue weighted by Gasteiger charge is -2.16. The van der Waals surface area contributed by atoms with Crippen LogP contribution in [0.3, 0.4) is 0 Å². The average Bonchev–Trinajstić information content (AvgIpc) is 3.09. The van der Waals surface area contributed by atoms with Crippen LogP contribution in [0.2, 0.25) is 0 Å². The zero-order chi connectivity index (χ0) is 13.5. The summed E-state index contributed by atoms with van der Waals surface area (Å²) in [5.41, 5.74) is 1.43. The number of rotatable bonds is 8. The maximum Gasteiger partial charge on any atom is 0.121 e. The molecule has 1 N–H and O–H groups in total. The summed E-state index contributed by atoms with van der Waals surface area (Å²) in [5.74, 6) is 2.16. The molecule has 0 saturated heterocycles. The number of furan rings is 1. The molecular formula is C16H23NOS. The van der Waals surface area contributed by atoms with Gasteiger partial charge in [0.2, 0.25) is 0 Å². The Morgan fingerprint density at radius 3 is 2.79 bits per heavy atom. The Labute approximate surface area is 119 Å². The third-order valence-corrected chi connectivity index (χ3v) is 4.05. The van der Waals surface area contributed by atoms with Crippen molar-refractivity contribution in [2.24, 2.45) is 0 Å². The van der Waals surface area contributed by atoms with Crippen molar-refractivity contribution in [3.05, 3.63) is 46.0 Å². The van der Waals surface area contributed by atoms with Gasteiger partial charge in [0.1, 0.15) is 11.5 Å². The van der Waals surface area contributed by atoms with Crippen molar-refractivity contribution in [2.45, 2.75) is 45.6 Å². The first-order valence-corrected chi connectivity index (χ1v) is 8.10. The van der Waals surface area contributed by atoms with Crippen LogP contribution in [0.25, 0.3) is 0 Å². The Bertz CT molecular complexity index is 461. The SMILES string of the molecule is CCCNC(CCc1ccsc1)c1ccc(CC)o1. The first kappa shape index (κ1) is 14.4. The van der Waals surface area contributed by atoms with E-state index in [0.717, 1.165) is 43.7 Å². The Morgan fingerprint density at radius 2 is 2.16 bits per heavy atom. The lowest BCUT2D eigenvalue weighted by Crippen LogP contribution is -2.22. The van der Waals surface area contributed by atoms with Crippen LogP contribution in [0.5, 0.6) is 0 Å². The summed E-state index contributed by atoms with van der Waals surface area (Å²) in [6.45, 7) is 5.36. The van der Waals surface area contributed by atoms with E-state index in [-0.39, 0.29) is 0 Å². The molecule has 0 spiro atoms. The molecule has 0 radical (unpaired) electrons. The predicted octanol–water partition coefficient (Wildman–Crippen LogP) is 4.58. The van der Waals surface area contributed by atoms with E-state index in [1.807, 2.05) is 0 Å². The molecule has 0 aromatic carbocycles. The number of hydrogen-bond acceptors (Lipinski definition) is 3. The zero-order valence-corrected chi connectivity index (χ0v) is 12.6. The maximum absolute atomic E-state index is 5.90. The van der Waals surface area contributed by atoms with E-state index in [1.165, 1.54) is 5.56 Å². The second-order valence-corrected chi connectivity index (χ2v) is 5.61. The standard InChI is InChI=1S/C16H23NOS/c1-3-10-17-15(7-5-13-9-11-19-12-13)16-8-6-14(4-2)18-16/h6,8-9,11-12,15,17H,3-5,7,10H2,1-2H3. The minimum atomic E-state index is 0.333. The van der Waals surface area contributed by atoms with Crippen LogP contribution >= 0.6 is 11.3 Å². The molecule has 1 atom stereocenters. The molecule has 1 unspecified atom stereocenters. The monoisotopic (exact) mass is 277 g/mol. The summed E-state index contributed by atoms with van der Waals surface area (Å²) < 4.78 is 5.90. The molecule has 2 nitrogen and oxygen atoms in total. The summed E-state index contributed by atoms with van der Waals surface area (Å²) in [6.07, 6.45) is 4.31. The van der Waals surface area contributed by atoms with Crippen molar-refractivity contribution in [1.82, 2.24) is 5.32 Å². The van der Waals surface area contributed by atoms with Gasteiger partial charge in [-0.25, -0.2) is 0 Å². The second kappa shape index (κ2) is 7.51. The number of nitrogens with one attached hydrogen (secondary N) is 1. The molecule has 0 bridgehead atoms. The summed E-state index contributed by atoms with van der Waals surface area (Å²) in [4.78, 5) is 0. The second-order valence-electron chi connectivity index (χ2n) is 4.83. The van der Waals surface area contributed by atoms with Gasteiger partial charge < -0.3 is 9.73 Å². The minimum absolute atomic E-state index is 0.333. The van der Waals surface area contributed by atoms with Gasteiger partial charge >= 0.3 is 0 Å².